The second-order valence-corrected chi connectivity index (χ2v) is 7.39. The van der Waals surface area contributed by atoms with Gasteiger partial charge in [-0.3, -0.25) is 0 Å². The number of hydrogen-bond donors (Lipinski definition) is 0. The van der Waals surface area contributed by atoms with Gasteiger partial charge in [-0.15, -0.1) is 0 Å². The highest BCUT2D eigenvalue weighted by molar-refractivity contribution is 6.11. The molecule has 162 valence electrons. The lowest BCUT2D eigenvalue weighted by molar-refractivity contribution is -0.140. The van der Waals surface area contributed by atoms with Gasteiger partial charge in [-0.1, -0.05) is 55.1 Å². The Hall–Kier alpha value is -3.09. The highest BCUT2D eigenvalue weighted by Gasteiger charge is 2.24. The first-order chi connectivity index (χ1) is 15.1. The van der Waals surface area contributed by atoms with Crippen LogP contribution in [0.25, 0.3) is 21.5 Å². The van der Waals surface area contributed by atoms with Crippen LogP contribution in [0, 0.1) is 0 Å². The summed E-state index contributed by atoms with van der Waals surface area (Å²) < 4.78 is 28.2. The van der Waals surface area contributed by atoms with Gasteiger partial charge in [0.1, 0.15) is 37.4 Å². The standard InChI is InChI=1S/C25H26O6/c1-17(2)25(26)29-14-12-27-11-13-28-23-19-7-3-5-9-21(19)24(31-16-18-15-30-18)22-10-6-4-8-20(22)23/h3-10,18H,1,11-16H2,2H3. The van der Waals surface area contributed by atoms with E-state index in [9.17, 15) is 4.79 Å². The third kappa shape index (κ3) is 5.16. The van der Waals surface area contributed by atoms with Crippen molar-refractivity contribution in [2.24, 2.45) is 0 Å². The molecule has 6 heteroatoms. The number of carbonyl (C=O) groups excluding carboxylic acids is 1. The van der Waals surface area contributed by atoms with Crippen LogP contribution in [0.1, 0.15) is 6.92 Å². The Bertz CT molecular complexity index is 1030. The first-order valence-electron chi connectivity index (χ1n) is 10.4. The first kappa shape index (κ1) is 21.2. The third-order valence-electron chi connectivity index (χ3n) is 4.93. The number of rotatable bonds is 11. The summed E-state index contributed by atoms with van der Waals surface area (Å²) in [6, 6.07) is 16.1. The molecule has 0 N–H and O–H groups in total. The van der Waals surface area contributed by atoms with Gasteiger partial charge in [0.05, 0.1) is 19.8 Å². The topological polar surface area (TPSA) is 66.5 Å². The van der Waals surface area contributed by atoms with E-state index in [-0.39, 0.29) is 12.7 Å². The fourth-order valence-electron chi connectivity index (χ4n) is 3.32. The van der Waals surface area contributed by atoms with Crippen molar-refractivity contribution in [2.45, 2.75) is 13.0 Å². The summed E-state index contributed by atoms with van der Waals surface area (Å²) in [6.07, 6.45) is 0.181. The minimum atomic E-state index is -0.409. The number of esters is 1. The zero-order valence-electron chi connectivity index (χ0n) is 17.6. The lowest BCUT2D eigenvalue weighted by atomic mass is 10.0. The molecule has 0 aromatic heterocycles. The highest BCUT2D eigenvalue weighted by atomic mass is 16.6. The molecule has 0 saturated carbocycles. The van der Waals surface area contributed by atoms with E-state index < -0.39 is 5.97 Å². The Morgan fingerprint density at radius 2 is 1.42 bits per heavy atom. The zero-order chi connectivity index (χ0) is 21.6. The summed E-state index contributed by atoms with van der Waals surface area (Å²) in [4.78, 5) is 11.4. The van der Waals surface area contributed by atoms with E-state index in [0.29, 0.717) is 32.0 Å². The minimum absolute atomic E-state index is 0.181. The molecule has 3 aromatic carbocycles. The van der Waals surface area contributed by atoms with Crippen LogP contribution in [0.15, 0.2) is 60.7 Å². The molecule has 1 aliphatic heterocycles. The van der Waals surface area contributed by atoms with E-state index in [1.165, 1.54) is 0 Å². The molecule has 0 radical (unpaired) electrons. The van der Waals surface area contributed by atoms with Gasteiger partial charge >= 0.3 is 5.97 Å². The maximum absolute atomic E-state index is 11.4. The van der Waals surface area contributed by atoms with Crippen LogP contribution in [-0.4, -0.2) is 51.7 Å². The van der Waals surface area contributed by atoms with Crippen LogP contribution in [-0.2, 0) is 19.0 Å². The molecule has 1 unspecified atom stereocenters. The third-order valence-corrected chi connectivity index (χ3v) is 4.93. The number of carbonyl (C=O) groups is 1. The van der Waals surface area contributed by atoms with Gasteiger partial charge < -0.3 is 23.7 Å². The molecule has 1 atom stereocenters. The van der Waals surface area contributed by atoms with Gasteiger partial charge in [0.2, 0.25) is 0 Å². The van der Waals surface area contributed by atoms with Crippen LogP contribution in [0.3, 0.4) is 0 Å². The fraction of sp³-hybridized carbons (Fsp3) is 0.320. The predicted octanol–water partition coefficient (Wildman–Crippen LogP) is 4.29. The minimum Gasteiger partial charge on any atom is -0.490 e. The Balaban J connectivity index is 1.46. The largest absolute Gasteiger partial charge is 0.490 e. The molecule has 1 aliphatic rings. The first-order valence-corrected chi connectivity index (χ1v) is 10.4. The van der Waals surface area contributed by atoms with Gasteiger partial charge in [0, 0.05) is 27.1 Å². The monoisotopic (exact) mass is 422 g/mol. The Morgan fingerprint density at radius 1 is 0.903 bits per heavy atom. The molecule has 0 spiro atoms. The van der Waals surface area contributed by atoms with E-state index in [0.717, 1.165) is 39.7 Å². The zero-order valence-corrected chi connectivity index (χ0v) is 17.6. The van der Waals surface area contributed by atoms with Crippen molar-refractivity contribution < 1.29 is 28.5 Å². The second kappa shape index (κ2) is 9.81. The number of ether oxygens (including phenoxy) is 5. The van der Waals surface area contributed by atoms with Crippen LogP contribution >= 0.6 is 0 Å². The van der Waals surface area contributed by atoms with Crippen molar-refractivity contribution >= 4 is 27.5 Å². The van der Waals surface area contributed by atoms with E-state index in [1.807, 2.05) is 48.5 Å². The summed E-state index contributed by atoms with van der Waals surface area (Å²) in [5.41, 5.74) is 0.374. The van der Waals surface area contributed by atoms with Crippen LogP contribution < -0.4 is 9.47 Å². The normalized spacial score (nSPS) is 15.1. The van der Waals surface area contributed by atoms with Gasteiger partial charge in [0.25, 0.3) is 0 Å². The average molecular weight is 422 g/mol. The summed E-state index contributed by atoms with van der Waals surface area (Å²) in [6.45, 7) is 7.70. The molecule has 6 nitrogen and oxygen atoms in total. The Labute approximate surface area is 181 Å². The SMILES string of the molecule is C=C(C)C(=O)OCCOCCOc1c2ccccc2c(OCC2CO2)c2ccccc12. The average Bonchev–Trinajstić information content (AvgIpc) is 3.61. The summed E-state index contributed by atoms with van der Waals surface area (Å²) >= 11 is 0. The maximum atomic E-state index is 11.4. The fourth-order valence-corrected chi connectivity index (χ4v) is 3.32. The Kier molecular flexibility index (Phi) is 6.70. The number of fused-ring (bicyclic) bond motifs is 2. The van der Waals surface area contributed by atoms with E-state index >= 15 is 0 Å². The number of benzene rings is 3. The Morgan fingerprint density at radius 3 is 1.94 bits per heavy atom. The van der Waals surface area contributed by atoms with Crippen molar-refractivity contribution in [2.75, 3.05) is 39.6 Å². The maximum Gasteiger partial charge on any atom is 0.333 e. The van der Waals surface area contributed by atoms with Crippen molar-refractivity contribution in [3.8, 4) is 11.5 Å². The lowest BCUT2D eigenvalue weighted by Gasteiger charge is -2.17. The second-order valence-electron chi connectivity index (χ2n) is 7.39. The van der Waals surface area contributed by atoms with Gasteiger partial charge in [0.15, 0.2) is 0 Å². The van der Waals surface area contributed by atoms with Crippen LogP contribution in [0.4, 0.5) is 0 Å². The quantitative estimate of drug-likeness (QED) is 0.151. The molecule has 31 heavy (non-hydrogen) atoms. The molecule has 0 aliphatic carbocycles. The van der Waals surface area contributed by atoms with E-state index in [1.54, 1.807) is 6.92 Å². The summed E-state index contributed by atoms with van der Waals surface area (Å²) in [5.74, 6) is 1.25. The molecule has 1 fully saturated rings. The van der Waals surface area contributed by atoms with Crippen LogP contribution in [0.2, 0.25) is 0 Å². The molecule has 3 aromatic rings. The van der Waals surface area contributed by atoms with Crippen LogP contribution in [0.5, 0.6) is 11.5 Å². The highest BCUT2D eigenvalue weighted by Crippen LogP contribution is 2.42. The van der Waals surface area contributed by atoms with Gasteiger partial charge in [-0.05, 0) is 6.92 Å². The summed E-state index contributed by atoms with van der Waals surface area (Å²) in [5, 5.41) is 3.99. The molecule has 1 saturated heterocycles. The molecule has 0 bridgehead atoms. The number of epoxide rings is 1. The smallest absolute Gasteiger partial charge is 0.333 e. The van der Waals surface area contributed by atoms with E-state index in [2.05, 4.69) is 6.58 Å². The van der Waals surface area contributed by atoms with E-state index in [4.69, 9.17) is 23.7 Å². The van der Waals surface area contributed by atoms with Crippen molar-refractivity contribution in [1.82, 2.24) is 0 Å². The predicted molar refractivity (Wildman–Crippen MR) is 119 cm³/mol. The molecule has 1 heterocycles. The van der Waals surface area contributed by atoms with Crippen molar-refractivity contribution in [3.63, 3.8) is 0 Å². The van der Waals surface area contributed by atoms with Crippen molar-refractivity contribution in [3.05, 3.63) is 60.7 Å². The molecular weight excluding hydrogens is 396 g/mol. The lowest BCUT2D eigenvalue weighted by Crippen LogP contribution is -2.14. The molecule has 0 amide bonds. The van der Waals surface area contributed by atoms with Gasteiger partial charge in [-0.2, -0.15) is 0 Å². The number of hydrogen-bond acceptors (Lipinski definition) is 6. The molecular formula is C25H26O6. The van der Waals surface area contributed by atoms with Crippen molar-refractivity contribution in [1.29, 1.82) is 0 Å². The van der Waals surface area contributed by atoms with Gasteiger partial charge in [-0.25, -0.2) is 4.79 Å². The summed E-state index contributed by atoms with van der Waals surface area (Å²) in [7, 11) is 0. The molecule has 4 rings (SSSR count).